The highest BCUT2D eigenvalue weighted by Gasteiger charge is 2.17. The zero-order chi connectivity index (χ0) is 14.4. The average Bonchev–Trinajstić information content (AvgIpc) is 2.92. The van der Waals surface area contributed by atoms with Crippen LogP contribution in [0.15, 0.2) is 43.0 Å². The molecule has 5 heteroatoms. The summed E-state index contributed by atoms with van der Waals surface area (Å²) >= 11 is 5.89. The van der Waals surface area contributed by atoms with Gasteiger partial charge >= 0.3 is 5.97 Å². The number of nitrogens with zero attached hydrogens (tertiary/aromatic N) is 2. The van der Waals surface area contributed by atoms with Gasteiger partial charge in [-0.1, -0.05) is 30.7 Å². The van der Waals surface area contributed by atoms with Crippen molar-refractivity contribution in [2.45, 2.75) is 32.4 Å². The van der Waals surface area contributed by atoms with Crippen molar-refractivity contribution in [1.82, 2.24) is 9.55 Å². The molecule has 4 nitrogen and oxygen atoms in total. The summed E-state index contributed by atoms with van der Waals surface area (Å²) in [6.07, 6.45) is 6.12. The predicted molar refractivity (Wildman–Crippen MR) is 77.4 cm³/mol. The maximum absolute atomic E-state index is 11.7. The fourth-order valence-corrected chi connectivity index (χ4v) is 2.02. The van der Waals surface area contributed by atoms with Gasteiger partial charge in [-0.25, -0.2) is 4.98 Å². The number of hydrogen-bond acceptors (Lipinski definition) is 3. The van der Waals surface area contributed by atoms with Crippen molar-refractivity contribution in [2.24, 2.45) is 0 Å². The lowest BCUT2D eigenvalue weighted by Gasteiger charge is -2.19. The first-order valence-corrected chi connectivity index (χ1v) is 6.97. The summed E-state index contributed by atoms with van der Waals surface area (Å²) in [6, 6.07) is 7.35. The third kappa shape index (κ3) is 4.10. The van der Waals surface area contributed by atoms with Crippen LogP contribution in [0.1, 0.15) is 31.4 Å². The van der Waals surface area contributed by atoms with E-state index in [9.17, 15) is 4.79 Å². The van der Waals surface area contributed by atoms with E-state index in [0.29, 0.717) is 18.0 Å². The zero-order valence-electron chi connectivity index (χ0n) is 11.3. The third-order valence-corrected chi connectivity index (χ3v) is 3.16. The summed E-state index contributed by atoms with van der Waals surface area (Å²) in [4.78, 5) is 15.7. The van der Waals surface area contributed by atoms with Crippen LogP contribution >= 0.6 is 11.6 Å². The number of hydrogen-bond donors (Lipinski definition) is 0. The van der Waals surface area contributed by atoms with E-state index in [4.69, 9.17) is 16.3 Å². The van der Waals surface area contributed by atoms with Crippen molar-refractivity contribution in [1.29, 1.82) is 0 Å². The number of rotatable bonds is 6. The number of carbonyl (C=O) groups excluding carboxylic acids is 1. The summed E-state index contributed by atoms with van der Waals surface area (Å²) in [6.45, 7) is 2.49. The lowest BCUT2D eigenvalue weighted by molar-refractivity contribution is -0.150. The second-order valence-electron chi connectivity index (χ2n) is 4.54. The number of halogens is 1. The second-order valence-corrected chi connectivity index (χ2v) is 4.98. The molecular weight excluding hydrogens is 276 g/mol. The summed E-state index contributed by atoms with van der Waals surface area (Å²) in [7, 11) is 0. The Labute approximate surface area is 123 Å². The number of esters is 1. The Morgan fingerprint density at radius 2 is 2.15 bits per heavy atom. The van der Waals surface area contributed by atoms with Gasteiger partial charge in [0, 0.05) is 23.8 Å². The van der Waals surface area contributed by atoms with E-state index in [1.165, 1.54) is 0 Å². The minimum atomic E-state index is -0.333. The fourth-order valence-electron chi connectivity index (χ4n) is 1.90. The van der Waals surface area contributed by atoms with E-state index >= 15 is 0 Å². The third-order valence-electron chi connectivity index (χ3n) is 2.91. The van der Waals surface area contributed by atoms with Crippen LogP contribution in [-0.2, 0) is 16.1 Å². The van der Waals surface area contributed by atoms with E-state index in [1.807, 2.05) is 29.8 Å². The molecular formula is C15H17ClN2O2. The Balaban J connectivity index is 2.14. The summed E-state index contributed by atoms with van der Waals surface area (Å²) in [5.74, 6) is -0.187. The normalized spacial score (nSPS) is 12.1. The smallest absolute Gasteiger partial charge is 0.306 e. The van der Waals surface area contributed by atoms with Crippen LogP contribution in [0.3, 0.4) is 0 Å². The van der Waals surface area contributed by atoms with Gasteiger partial charge in [0.2, 0.25) is 0 Å². The summed E-state index contributed by atoms with van der Waals surface area (Å²) in [5.41, 5.74) is 0.924. The van der Waals surface area contributed by atoms with E-state index in [1.54, 1.807) is 24.7 Å². The van der Waals surface area contributed by atoms with Crippen LogP contribution in [0.25, 0.3) is 0 Å². The molecule has 1 unspecified atom stereocenters. The van der Waals surface area contributed by atoms with Crippen molar-refractivity contribution in [3.63, 3.8) is 0 Å². The molecule has 1 heterocycles. The Bertz CT molecular complexity index is 538. The molecule has 0 bridgehead atoms. The molecule has 0 aliphatic heterocycles. The fraction of sp³-hybridized carbons (Fsp3) is 0.333. The zero-order valence-corrected chi connectivity index (χ0v) is 12.1. The van der Waals surface area contributed by atoms with Gasteiger partial charge in [-0.2, -0.15) is 0 Å². The molecule has 0 amide bonds. The SMILES string of the molecule is CCCC(=O)OC(Cn1ccnc1)c1ccc(Cl)cc1. The van der Waals surface area contributed by atoms with Crippen molar-refractivity contribution in [3.8, 4) is 0 Å². The lowest BCUT2D eigenvalue weighted by atomic mass is 10.1. The van der Waals surface area contributed by atoms with Crippen LogP contribution in [0.5, 0.6) is 0 Å². The van der Waals surface area contributed by atoms with Crippen LogP contribution in [-0.4, -0.2) is 15.5 Å². The van der Waals surface area contributed by atoms with Crippen molar-refractivity contribution >= 4 is 17.6 Å². The monoisotopic (exact) mass is 292 g/mol. The molecule has 1 aromatic carbocycles. The first-order chi connectivity index (χ1) is 9.69. The van der Waals surface area contributed by atoms with Crippen molar-refractivity contribution in [2.75, 3.05) is 0 Å². The Morgan fingerprint density at radius 1 is 1.40 bits per heavy atom. The Kier molecular flexibility index (Phi) is 5.18. The van der Waals surface area contributed by atoms with Gasteiger partial charge < -0.3 is 9.30 Å². The van der Waals surface area contributed by atoms with Gasteiger partial charge in [-0.3, -0.25) is 4.79 Å². The number of benzene rings is 1. The molecule has 0 N–H and O–H groups in total. The average molecular weight is 293 g/mol. The molecule has 0 saturated heterocycles. The van der Waals surface area contributed by atoms with Gasteiger partial charge in [0.05, 0.1) is 12.9 Å². The second kappa shape index (κ2) is 7.10. The predicted octanol–water partition coefficient (Wildman–Crippen LogP) is 3.62. The quantitative estimate of drug-likeness (QED) is 0.764. The lowest BCUT2D eigenvalue weighted by Crippen LogP contribution is -2.16. The Morgan fingerprint density at radius 3 is 2.75 bits per heavy atom. The number of aromatic nitrogens is 2. The highest BCUT2D eigenvalue weighted by Crippen LogP contribution is 2.22. The largest absolute Gasteiger partial charge is 0.456 e. The molecule has 0 radical (unpaired) electrons. The first-order valence-electron chi connectivity index (χ1n) is 6.59. The minimum absolute atomic E-state index is 0.187. The van der Waals surface area contributed by atoms with Crippen LogP contribution in [0.4, 0.5) is 0 Å². The molecule has 0 fully saturated rings. The van der Waals surface area contributed by atoms with E-state index in [2.05, 4.69) is 4.98 Å². The molecule has 20 heavy (non-hydrogen) atoms. The van der Waals surface area contributed by atoms with Gasteiger partial charge in [0.15, 0.2) is 0 Å². The highest BCUT2D eigenvalue weighted by molar-refractivity contribution is 6.30. The van der Waals surface area contributed by atoms with Crippen LogP contribution < -0.4 is 0 Å². The first kappa shape index (κ1) is 14.6. The number of imidazole rings is 1. The van der Waals surface area contributed by atoms with E-state index in [-0.39, 0.29) is 12.1 Å². The van der Waals surface area contributed by atoms with E-state index in [0.717, 1.165) is 12.0 Å². The number of carbonyl (C=O) groups is 1. The summed E-state index contributed by atoms with van der Waals surface area (Å²) < 4.78 is 7.45. The molecule has 1 atom stereocenters. The standard InChI is InChI=1S/C15H17ClN2O2/c1-2-3-15(19)20-14(10-18-9-8-17-11-18)12-4-6-13(16)7-5-12/h4-9,11,14H,2-3,10H2,1H3. The van der Waals surface area contributed by atoms with Crippen molar-refractivity contribution < 1.29 is 9.53 Å². The molecule has 106 valence electrons. The van der Waals surface area contributed by atoms with Crippen molar-refractivity contribution in [3.05, 3.63) is 53.6 Å². The van der Waals surface area contributed by atoms with E-state index < -0.39 is 0 Å². The highest BCUT2D eigenvalue weighted by atomic mass is 35.5. The minimum Gasteiger partial charge on any atom is -0.456 e. The van der Waals surface area contributed by atoms with Gasteiger partial charge in [0.25, 0.3) is 0 Å². The maximum atomic E-state index is 11.7. The number of ether oxygens (including phenoxy) is 1. The van der Waals surface area contributed by atoms with Crippen LogP contribution in [0.2, 0.25) is 5.02 Å². The summed E-state index contributed by atoms with van der Waals surface area (Å²) in [5, 5.41) is 0.662. The van der Waals surface area contributed by atoms with Gasteiger partial charge in [-0.15, -0.1) is 0 Å². The molecule has 0 saturated carbocycles. The maximum Gasteiger partial charge on any atom is 0.306 e. The Hall–Kier alpha value is -1.81. The molecule has 1 aromatic heterocycles. The molecule has 2 aromatic rings. The molecule has 0 spiro atoms. The van der Waals surface area contributed by atoms with Gasteiger partial charge in [-0.05, 0) is 24.1 Å². The topological polar surface area (TPSA) is 44.1 Å². The van der Waals surface area contributed by atoms with Crippen LogP contribution in [0, 0.1) is 0 Å². The molecule has 2 rings (SSSR count). The molecule has 0 aliphatic rings. The van der Waals surface area contributed by atoms with Gasteiger partial charge in [0.1, 0.15) is 6.10 Å². The molecule has 0 aliphatic carbocycles.